The molecule has 0 radical (unpaired) electrons. The van der Waals surface area contributed by atoms with Crippen LogP contribution in [0.25, 0.3) is 0 Å². The molecule has 3 N–H and O–H groups in total. The van der Waals surface area contributed by atoms with Crippen LogP contribution in [0, 0.1) is 0 Å². The van der Waals surface area contributed by atoms with Gasteiger partial charge in [-0.15, -0.1) is 0 Å². The summed E-state index contributed by atoms with van der Waals surface area (Å²) in [6, 6.07) is 9.43. The van der Waals surface area contributed by atoms with Gasteiger partial charge in [-0.3, -0.25) is 0 Å². The number of fused-ring (bicyclic) bond motifs is 8. The minimum absolute atomic E-state index is 0.342. The van der Waals surface area contributed by atoms with E-state index in [9.17, 15) is 0 Å². The first kappa shape index (κ1) is 28.6. The predicted octanol–water partition coefficient (Wildman–Crippen LogP) is 3.83. The lowest BCUT2D eigenvalue weighted by molar-refractivity contribution is 0.0267. The van der Waals surface area contributed by atoms with Crippen LogP contribution in [0.1, 0.15) is 39.5 Å². The number of nitrogens with zero attached hydrogens (tertiary/aromatic N) is 5. The standard InChI is InChI=1S/C15H22N4O.C9H10ClN3.C6H13NO/c1-2-12-10-19(7-8-20-12)14-4-3-13-15(17-14)16-11-5-6-18(13)9-11;10-8-2-1-7-9(12-8)11-6-3-4-13(7)5-6;1-2-6-5-7-3-4-8-6/h3-4,11-12H,2,5-10H2,1H3,(H,16,17);1-2,6H,3-5H2,(H,11,12);6-7H,2-5H2,1H3/t11-,12+;2*6-/m001/s1. The Hall–Kier alpha value is -2.53. The van der Waals surface area contributed by atoms with Crippen molar-refractivity contribution in [2.75, 3.05) is 90.9 Å². The quantitative estimate of drug-likeness (QED) is 0.463. The Labute approximate surface area is 249 Å². The number of aromatic nitrogens is 2. The van der Waals surface area contributed by atoms with E-state index in [-0.39, 0.29) is 0 Å². The largest absolute Gasteiger partial charge is 0.376 e. The molecule has 0 amide bonds. The Morgan fingerprint density at radius 2 is 1.44 bits per heavy atom. The Morgan fingerprint density at radius 3 is 2.07 bits per heavy atom. The van der Waals surface area contributed by atoms with Crippen LogP contribution < -0.4 is 30.7 Å². The molecule has 6 aliphatic heterocycles. The van der Waals surface area contributed by atoms with Crippen LogP contribution in [-0.2, 0) is 9.47 Å². The van der Waals surface area contributed by atoms with Crippen molar-refractivity contribution in [1.82, 2.24) is 15.3 Å². The minimum atomic E-state index is 0.342. The summed E-state index contributed by atoms with van der Waals surface area (Å²) in [7, 11) is 0. The molecule has 0 spiro atoms. The summed E-state index contributed by atoms with van der Waals surface area (Å²) in [5.74, 6) is 3.09. The third-order valence-electron chi connectivity index (χ3n) is 8.82. The number of nitrogens with one attached hydrogen (secondary N) is 3. The van der Waals surface area contributed by atoms with Crippen LogP contribution in [0.3, 0.4) is 0 Å². The summed E-state index contributed by atoms with van der Waals surface area (Å²) in [6.45, 7) is 14.5. The molecule has 224 valence electrons. The van der Waals surface area contributed by atoms with E-state index in [4.69, 9.17) is 26.1 Å². The molecule has 4 saturated heterocycles. The third kappa shape index (κ3) is 6.77. The molecule has 41 heavy (non-hydrogen) atoms. The van der Waals surface area contributed by atoms with Crippen LogP contribution >= 0.6 is 11.6 Å². The Balaban J connectivity index is 0.000000123. The van der Waals surface area contributed by atoms with E-state index in [1.165, 1.54) is 24.2 Å². The summed E-state index contributed by atoms with van der Waals surface area (Å²) in [4.78, 5) is 16.3. The van der Waals surface area contributed by atoms with E-state index in [1.54, 1.807) is 0 Å². The van der Waals surface area contributed by atoms with Gasteiger partial charge in [-0.05, 0) is 49.9 Å². The van der Waals surface area contributed by atoms with Gasteiger partial charge in [0.2, 0.25) is 0 Å². The van der Waals surface area contributed by atoms with Gasteiger partial charge in [-0.1, -0.05) is 25.4 Å². The second-order valence-corrected chi connectivity index (χ2v) is 12.0. The maximum Gasteiger partial charge on any atom is 0.152 e. The lowest BCUT2D eigenvalue weighted by atomic mass is 10.2. The van der Waals surface area contributed by atoms with Crippen molar-refractivity contribution in [1.29, 1.82) is 0 Å². The topological polar surface area (TPSA) is 90.1 Å². The molecule has 0 unspecified atom stereocenters. The summed E-state index contributed by atoms with van der Waals surface area (Å²) in [5, 5.41) is 10.8. The maximum absolute atomic E-state index is 5.82. The van der Waals surface area contributed by atoms with Crippen molar-refractivity contribution in [2.24, 2.45) is 0 Å². The third-order valence-corrected chi connectivity index (χ3v) is 9.03. The highest BCUT2D eigenvalue weighted by atomic mass is 35.5. The van der Waals surface area contributed by atoms with Gasteiger partial charge in [0.1, 0.15) is 11.0 Å². The molecule has 0 aliphatic carbocycles. The van der Waals surface area contributed by atoms with Gasteiger partial charge in [0.05, 0.1) is 36.8 Å². The van der Waals surface area contributed by atoms with Gasteiger partial charge in [0.25, 0.3) is 0 Å². The van der Waals surface area contributed by atoms with Crippen molar-refractivity contribution in [2.45, 2.75) is 63.8 Å². The molecule has 0 saturated carbocycles. The van der Waals surface area contributed by atoms with Crippen LogP contribution in [0.15, 0.2) is 24.3 Å². The van der Waals surface area contributed by atoms with E-state index in [2.05, 4.69) is 61.6 Å². The molecule has 4 atom stereocenters. The molecule has 8 heterocycles. The second kappa shape index (κ2) is 13.2. The zero-order chi connectivity index (χ0) is 28.2. The lowest BCUT2D eigenvalue weighted by Crippen LogP contribution is -2.43. The SMILES string of the molecule is CC[C@@H]1CN(c2ccc3c(n2)N[C@H]2CCN3C2)CCO1.CC[C@@H]1CNCCO1.Clc1ccc2c(n1)N[C@H]1CCN2C1. The van der Waals surface area contributed by atoms with Crippen LogP contribution in [0.4, 0.5) is 28.8 Å². The zero-order valence-electron chi connectivity index (χ0n) is 24.4. The normalized spacial score (nSPS) is 27.3. The minimum Gasteiger partial charge on any atom is -0.376 e. The number of pyridine rings is 2. The van der Waals surface area contributed by atoms with E-state index in [1.807, 2.05) is 12.1 Å². The fraction of sp³-hybridized carbons (Fsp3) is 0.667. The molecule has 0 aromatic carbocycles. The molecule has 6 aliphatic rings. The molecule has 4 bridgehead atoms. The number of ether oxygens (including phenoxy) is 2. The first-order chi connectivity index (χ1) is 20.1. The van der Waals surface area contributed by atoms with Crippen molar-refractivity contribution in [3.05, 3.63) is 29.4 Å². The Morgan fingerprint density at radius 1 is 0.780 bits per heavy atom. The Bertz CT molecular complexity index is 1170. The van der Waals surface area contributed by atoms with Gasteiger partial charge in [-0.25, -0.2) is 9.97 Å². The summed E-state index contributed by atoms with van der Waals surface area (Å²) in [6.07, 6.45) is 5.44. The van der Waals surface area contributed by atoms with Crippen molar-refractivity contribution in [3.63, 3.8) is 0 Å². The second-order valence-electron chi connectivity index (χ2n) is 11.6. The Kier molecular flexibility index (Phi) is 9.20. The van der Waals surface area contributed by atoms with Crippen molar-refractivity contribution < 1.29 is 9.47 Å². The van der Waals surface area contributed by atoms with E-state index >= 15 is 0 Å². The first-order valence-corrected chi connectivity index (χ1v) is 15.9. The van der Waals surface area contributed by atoms with E-state index in [0.717, 1.165) is 95.9 Å². The molecule has 2 aromatic heterocycles. The molecular weight excluding hydrogens is 540 g/mol. The average molecular weight is 585 g/mol. The molecule has 4 fully saturated rings. The number of morpholine rings is 2. The lowest BCUT2D eigenvalue weighted by Gasteiger charge is -2.34. The monoisotopic (exact) mass is 584 g/mol. The highest BCUT2D eigenvalue weighted by molar-refractivity contribution is 6.29. The van der Waals surface area contributed by atoms with Gasteiger partial charge in [0, 0.05) is 64.4 Å². The number of rotatable bonds is 3. The fourth-order valence-electron chi connectivity index (χ4n) is 6.41. The maximum atomic E-state index is 5.82. The highest BCUT2D eigenvalue weighted by Gasteiger charge is 2.32. The molecule has 11 heteroatoms. The smallest absolute Gasteiger partial charge is 0.152 e. The van der Waals surface area contributed by atoms with Crippen LogP contribution in [0.2, 0.25) is 5.15 Å². The number of halogens is 1. The van der Waals surface area contributed by atoms with Gasteiger partial charge in [0.15, 0.2) is 11.6 Å². The summed E-state index contributed by atoms with van der Waals surface area (Å²) in [5.41, 5.74) is 2.46. The van der Waals surface area contributed by atoms with Crippen molar-refractivity contribution in [3.8, 4) is 0 Å². The number of hydrogen-bond donors (Lipinski definition) is 3. The molecular formula is C30H45ClN8O2. The zero-order valence-corrected chi connectivity index (χ0v) is 25.2. The molecule has 8 rings (SSSR count). The van der Waals surface area contributed by atoms with E-state index in [0.29, 0.717) is 29.4 Å². The highest BCUT2D eigenvalue weighted by Crippen LogP contribution is 2.36. The van der Waals surface area contributed by atoms with Crippen molar-refractivity contribution >= 4 is 40.4 Å². The predicted molar refractivity (Wildman–Crippen MR) is 167 cm³/mol. The summed E-state index contributed by atoms with van der Waals surface area (Å²) < 4.78 is 11.1. The fourth-order valence-corrected chi connectivity index (χ4v) is 6.55. The van der Waals surface area contributed by atoms with Crippen LogP contribution in [0.5, 0.6) is 0 Å². The number of anilines is 5. The van der Waals surface area contributed by atoms with Gasteiger partial charge in [-0.2, -0.15) is 0 Å². The summed E-state index contributed by atoms with van der Waals surface area (Å²) >= 11 is 5.82. The van der Waals surface area contributed by atoms with Gasteiger partial charge >= 0.3 is 0 Å². The molecule has 2 aromatic rings. The van der Waals surface area contributed by atoms with Gasteiger partial charge < -0.3 is 40.1 Å². The van der Waals surface area contributed by atoms with E-state index < -0.39 is 0 Å². The molecule has 10 nitrogen and oxygen atoms in total. The van der Waals surface area contributed by atoms with Crippen LogP contribution in [-0.4, -0.2) is 99.8 Å². The first-order valence-electron chi connectivity index (χ1n) is 15.5. The average Bonchev–Trinajstić information content (AvgIpc) is 3.61. The number of hydrogen-bond acceptors (Lipinski definition) is 10.